The van der Waals surface area contributed by atoms with Crippen LogP contribution in [0.4, 0.5) is 0 Å². The number of rotatable bonds is 0. The van der Waals surface area contributed by atoms with Gasteiger partial charge in [-0.1, -0.05) is 38.7 Å². The molecule has 2 atom stereocenters. The minimum Gasteiger partial charge on any atom is -0.384 e. The monoisotopic (exact) mass is 190 g/mol. The van der Waals surface area contributed by atoms with Crippen molar-refractivity contribution in [1.29, 1.82) is 0 Å². The summed E-state index contributed by atoms with van der Waals surface area (Å²) in [5, 5.41) is 8.71. The summed E-state index contributed by atoms with van der Waals surface area (Å²) in [5.74, 6) is 6.59. The van der Waals surface area contributed by atoms with E-state index in [4.69, 9.17) is 5.11 Å². The molecule has 0 aromatic heterocycles. The van der Waals surface area contributed by atoms with Gasteiger partial charge in [-0.25, -0.2) is 0 Å². The number of aliphatic hydroxyl groups excluding tert-OH is 1. The van der Waals surface area contributed by atoms with E-state index in [2.05, 4.69) is 38.7 Å². The van der Waals surface area contributed by atoms with Crippen LogP contribution in [-0.4, -0.2) is 11.7 Å². The maximum absolute atomic E-state index is 8.71. The van der Waals surface area contributed by atoms with Crippen LogP contribution in [0.5, 0.6) is 0 Å². The minimum absolute atomic E-state index is 0.0293. The van der Waals surface area contributed by atoms with E-state index in [1.54, 1.807) is 0 Å². The molecule has 0 aromatic carbocycles. The number of hydrogen-bond donors (Lipinski definition) is 1. The molecule has 14 heavy (non-hydrogen) atoms. The number of allylic oxidation sites excluding steroid dienone is 2. The van der Waals surface area contributed by atoms with Crippen LogP contribution in [0.1, 0.15) is 33.6 Å². The Kier molecular flexibility index (Phi) is 2.01. The number of fused-ring (bicyclic) bond motifs is 2. The molecule has 76 valence electrons. The van der Waals surface area contributed by atoms with Crippen molar-refractivity contribution in [1.82, 2.24) is 0 Å². The highest BCUT2D eigenvalue weighted by atomic mass is 16.2. The molecular weight excluding hydrogens is 172 g/mol. The number of hydrogen-bond acceptors (Lipinski definition) is 1. The van der Waals surface area contributed by atoms with Crippen molar-refractivity contribution < 1.29 is 5.11 Å². The standard InChI is InChI=1S/C13H18O/c1-12(2)10-6-7-13(12,3)11(9-10)5-4-8-14/h9-10,14H,6-8H2,1-3H3/t10-,13+/m1/s1. The number of aliphatic hydroxyl groups is 1. The second kappa shape index (κ2) is 2.87. The smallest absolute Gasteiger partial charge is 0.104 e. The lowest BCUT2D eigenvalue weighted by Gasteiger charge is -2.35. The van der Waals surface area contributed by atoms with Crippen molar-refractivity contribution in [3.8, 4) is 11.8 Å². The Morgan fingerprint density at radius 1 is 1.50 bits per heavy atom. The van der Waals surface area contributed by atoms with Crippen LogP contribution in [0.3, 0.4) is 0 Å². The summed E-state index contributed by atoms with van der Waals surface area (Å²) in [7, 11) is 0. The molecule has 0 unspecified atom stereocenters. The third-order valence-corrected chi connectivity index (χ3v) is 4.57. The third kappa shape index (κ3) is 1.01. The lowest BCUT2D eigenvalue weighted by Crippen LogP contribution is -2.29. The van der Waals surface area contributed by atoms with Gasteiger partial charge in [-0.15, -0.1) is 0 Å². The van der Waals surface area contributed by atoms with Gasteiger partial charge in [0.1, 0.15) is 6.61 Å². The molecule has 0 aliphatic heterocycles. The third-order valence-electron chi connectivity index (χ3n) is 4.57. The zero-order chi connectivity index (χ0) is 10.4. The van der Waals surface area contributed by atoms with E-state index >= 15 is 0 Å². The Morgan fingerprint density at radius 2 is 2.21 bits per heavy atom. The summed E-state index contributed by atoms with van der Waals surface area (Å²) in [6.07, 6.45) is 4.87. The normalized spacial score (nSPS) is 37.7. The van der Waals surface area contributed by atoms with Crippen molar-refractivity contribution in [2.45, 2.75) is 33.6 Å². The van der Waals surface area contributed by atoms with Gasteiger partial charge in [-0.3, -0.25) is 0 Å². The second-order valence-electron chi connectivity index (χ2n) is 5.24. The van der Waals surface area contributed by atoms with E-state index in [1.807, 2.05) is 0 Å². The first-order valence-corrected chi connectivity index (χ1v) is 5.34. The SMILES string of the molecule is CC1(C)[C@H]2C=C(C#CCO)[C@]1(C)CC2. The zero-order valence-electron chi connectivity index (χ0n) is 9.22. The first-order chi connectivity index (χ1) is 6.52. The van der Waals surface area contributed by atoms with Crippen LogP contribution < -0.4 is 0 Å². The van der Waals surface area contributed by atoms with Gasteiger partial charge in [0.15, 0.2) is 0 Å². The predicted molar refractivity (Wildman–Crippen MR) is 57.6 cm³/mol. The molecule has 2 aliphatic rings. The fourth-order valence-corrected chi connectivity index (χ4v) is 3.01. The Bertz CT molecular complexity index is 340. The van der Waals surface area contributed by atoms with Gasteiger partial charge in [-0.2, -0.15) is 0 Å². The van der Waals surface area contributed by atoms with E-state index < -0.39 is 0 Å². The highest BCUT2D eigenvalue weighted by Crippen LogP contribution is 2.64. The Balaban J connectivity index is 2.37. The molecule has 0 radical (unpaired) electrons. The van der Waals surface area contributed by atoms with Crippen molar-refractivity contribution >= 4 is 0 Å². The van der Waals surface area contributed by atoms with Crippen molar-refractivity contribution in [2.24, 2.45) is 16.7 Å². The molecule has 0 amide bonds. The van der Waals surface area contributed by atoms with Crippen molar-refractivity contribution in [3.05, 3.63) is 11.6 Å². The maximum atomic E-state index is 8.71. The van der Waals surface area contributed by atoms with Crippen LogP contribution in [0.25, 0.3) is 0 Å². The average molecular weight is 190 g/mol. The summed E-state index contributed by atoms with van der Waals surface area (Å²) < 4.78 is 0. The van der Waals surface area contributed by atoms with Crippen molar-refractivity contribution in [3.63, 3.8) is 0 Å². The molecule has 0 heterocycles. The molecule has 1 saturated carbocycles. The minimum atomic E-state index is -0.0293. The lowest BCUT2D eigenvalue weighted by atomic mass is 9.67. The van der Waals surface area contributed by atoms with Crippen LogP contribution in [-0.2, 0) is 0 Å². The van der Waals surface area contributed by atoms with Crippen LogP contribution in [0, 0.1) is 28.6 Å². The molecule has 0 spiro atoms. The molecule has 1 fully saturated rings. The molecule has 1 nitrogen and oxygen atoms in total. The van der Waals surface area contributed by atoms with Gasteiger partial charge in [0.25, 0.3) is 0 Å². The van der Waals surface area contributed by atoms with Gasteiger partial charge in [-0.05, 0) is 24.2 Å². The molecule has 1 N–H and O–H groups in total. The van der Waals surface area contributed by atoms with E-state index in [0.717, 1.165) is 0 Å². The van der Waals surface area contributed by atoms with E-state index in [-0.39, 0.29) is 12.0 Å². The molecule has 0 saturated heterocycles. The molecular formula is C13H18O. The van der Waals surface area contributed by atoms with Crippen LogP contribution >= 0.6 is 0 Å². The van der Waals surface area contributed by atoms with Crippen molar-refractivity contribution in [2.75, 3.05) is 6.61 Å². The van der Waals surface area contributed by atoms with Gasteiger partial charge in [0, 0.05) is 11.0 Å². The topological polar surface area (TPSA) is 20.2 Å². The molecule has 2 aliphatic carbocycles. The Morgan fingerprint density at radius 3 is 2.64 bits per heavy atom. The summed E-state index contributed by atoms with van der Waals surface area (Å²) in [6, 6.07) is 0. The summed E-state index contributed by atoms with van der Waals surface area (Å²) >= 11 is 0. The predicted octanol–water partition coefficient (Wildman–Crippen LogP) is 2.36. The molecule has 0 aromatic rings. The van der Waals surface area contributed by atoms with E-state index in [9.17, 15) is 0 Å². The molecule has 2 rings (SSSR count). The fourth-order valence-electron chi connectivity index (χ4n) is 3.01. The molecule has 2 bridgehead atoms. The highest BCUT2D eigenvalue weighted by Gasteiger charge is 2.56. The molecule has 1 heteroatoms. The van der Waals surface area contributed by atoms with Gasteiger partial charge >= 0.3 is 0 Å². The zero-order valence-corrected chi connectivity index (χ0v) is 9.22. The Hall–Kier alpha value is -0.740. The largest absolute Gasteiger partial charge is 0.384 e. The van der Waals surface area contributed by atoms with Gasteiger partial charge in [0.05, 0.1) is 0 Å². The van der Waals surface area contributed by atoms with Crippen LogP contribution in [0.2, 0.25) is 0 Å². The first-order valence-electron chi connectivity index (χ1n) is 5.34. The average Bonchev–Trinajstić information content (AvgIpc) is 2.46. The summed E-state index contributed by atoms with van der Waals surface area (Å²) in [6.45, 7) is 6.97. The Labute approximate surface area is 86.2 Å². The maximum Gasteiger partial charge on any atom is 0.104 e. The first kappa shape index (κ1) is 9.80. The van der Waals surface area contributed by atoms with E-state index in [0.29, 0.717) is 11.3 Å². The van der Waals surface area contributed by atoms with Crippen LogP contribution in [0.15, 0.2) is 11.6 Å². The summed E-state index contributed by atoms with van der Waals surface area (Å²) in [5.41, 5.74) is 1.86. The lowest BCUT2D eigenvalue weighted by molar-refractivity contribution is 0.175. The van der Waals surface area contributed by atoms with Gasteiger partial charge in [0.2, 0.25) is 0 Å². The quantitative estimate of drug-likeness (QED) is 0.581. The highest BCUT2D eigenvalue weighted by molar-refractivity contribution is 5.44. The second-order valence-corrected chi connectivity index (χ2v) is 5.24. The van der Waals surface area contributed by atoms with Gasteiger partial charge < -0.3 is 5.11 Å². The summed E-state index contributed by atoms with van der Waals surface area (Å²) in [4.78, 5) is 0. The fraction of sp³-hybridized carbons (Fsp3) is 0.692. The van der Waals surface area contributed by atoms with E-state index in [1.165, 1.54) is 18.4 Å².